The van der Waals surface area contributed by atoms with Gasteiger partial charge in [0.1, 0.15) is 11.6 Å². The van der Waals surface area contributed by atoms with Crippen molar-refractivity contribution in [2.45, 2.75) is 6.92 Å². The van der Waals surface area contributed by atoms with Crippen LogP contribution in [0.4, 0.5) is 5.69 Å². The molecular formula is C18H15BrN2O3. The third kappa shape index (κ3) is 3.94. The quantitative estimate of drug-likeness (QED) is 0.613. The van der Waals surface area contributed by atoms with Crippen molar-refractivity contribution in [1.29, 1.82) is 5.26 Å². The van der Waals surface area contributed by atoms with Crippen LogP contribution >= 0.6 is 15.9 Å². The second kappa shape index (κ2) is 7.66. The lowest BCUT2D eigenvalue weighted by Gasteiger charge is -2.09. The summed E-state index contributed by atoms with van der Waals surface area (Å²) < 4.78 is 5.71. The highest BCUT2D eigenvalue weighted by molar-refractivity contribution is 9.10. The number of methoxy groups -OCH3 is 1. The Morgan fingerprint density at radius 2 is 2.08 bits per heavy atom. The van der Waals surface area contributed by atoms with Gasteiger partial charge in [0.25, 0.3) is 5.91 Å². The van der Waals surface area contributed by atoms with E-state index in [0.717, 1.165) is 5.56 Å². The maximum absolute atomic E-state index is 12.3. The normalized spacial score (nSPS) is 10.8. The molecular weight excluding hydrogens is 372 g/mol. The molecule has 122 valence electrons. The molecule has 0 aromatic heterocycles. The highest BCUT2D eigenvalue weighted by Crippen LogP contribution is 2.34. The van der Waals surface area contributed by atoms with Gasteiger partial charge in [-0.1, -0.05) is 34.1 Å². The molecule has 5 nitrogen and oxygen atoms in total. The summed E-state index contributed by atoms with van der Waals surface area (Å²) in [5, 5.41) is 22.1. The Bertz CT molecular complexity index is 854. The number of benzene rings is 2. The number of nitrogens with one attached hydrogen (secondary N) is 1. The molecule has 0 radical (unpaired) electrons. The number of anilines is 1. The summed E-state index contributed by atoms with van der Waals surface area (Å²) in [6.45, 7) is 1.86. The summed E-state index contributed by atoms with van der Waals surface area (Å²) in [6.07, 6.45) is 1.32. The molecule has 0 unspecified atom stereocenters. The fourth-order valence-corrected chi connectivity index (χ4v) is 2.52. The average Bonchev–Trinajstić information content (AvgIpc) is 2.57. The lowest BCUT2D eigenvalue weighted by atomic mass is 10.1. The van der Waals surface area contributed by atoms with Crippen molar-refractivity contribution < 1.29 is 14.6 Å². The molecule has 2 aromatic carbocycles. The average molecular weight is 387 g/mol. The molecule has 2 N–H and O–H groups in total. The van der Waals surface area contributed by atoms with Crippen molar-refractivity contribution >= 4 is 33.6 Å². The molecule has 0 atom stereocenters. The van der Waals surface area contributed by atoms with Gasteiger partial charge in [-0.25, -0.2) is 0 Å². The molecule has 0 bridgehead atoms. The zero-order valence-electron chi connectivity index (χ0n) is 13.1. The van der Waals surface area contributed by atoms with Crippen molar-refractivity contribution in [1.82, 2.24) is 0 Å². The molecule has 2 rings (SSSR count). The Morgan fingerprint density at radius 1 is 1.38 bits per heavy atom. The summed E-state index contributed by atoms with van der Waals surface area (Å²) in [7, 11) is 1.42. The number of carbonyl (C=O) groups excluding carboxylic acids is 1. The molecule has 0 aliphatic rings. The predicted molar refractivity (Wildman–Crippen MR) is 95.8 cm³/mol. The van der Waals surface area contributed by atoms with Crippen LogP contribution < -0.4 is 10.1 Å². The number of amides is 1. The summed E-state index contributed by atoms with van der Waals surface area (Å²) >= 11 is 3.30. The molecule has 0 spiro atoms. The third-order valence-corrected chi connectivity index (χ3v) is 3.81. The van der Waals surface area contributed by atoms with E-state index in [9.17, 15) is 15.2 Å². The summed E-state index contributed by atoms with van der Waals surface area (Å²) in [6, 6.07) is 12.3. The number of nitrogens with zero attached hydrogens (tertiary/aromatic N) is 1. The van der Waals surface area contributed by atoms with Crippen LogP contribution in [0.2, 0.25) is 0 Å². The van der Waals surface area contributed by atoms with Gasteiger partial charge in [-0.3, -0.25) is 4.79 Å². The number of nitriles is 1. The fraction of sp³-hybridized carbons (Fsp3) is 0.111. The zero-order valence-corrected chi connectivity index (χ0v) is 14.7. The molecule has 1 amide bonds. The molecule has 0 aliphatic heterocycles. The van der Waals surface area contributed by atoms with E-state index in [1.54, 1.807) is 24.3 Å². The summed E-state index contributed by atoms with van der Waals surface area (Å²) in [5.41, 5.74) is 1.68. The highest BCUT2D eigenvalue weighted by atomic mass is 79.9. The van der Waals surface area contributed by atoms with E-state index in [-0.39, 0.29) is 17.1 Å². The minimum absolute atomic E-state index is 0.131. The van der Waals surface area contributed by atoms with Crippen LogP contribution in [0.1, 0.15) is 11.1 Å². The Hall–Kier alpha value is -2.78. The fourth-order valence-electron chi connectivity index (χ4n) is 2.07. The van der Waals surface area contributed by atoms with E-state index in [1.807, 2.05) is 25.1 Å². The van der Waals surface area contributed by atoms with Gasteiger partial charge in [0.2, 0.25) is 0 Å². The first-order valence-corrected chi connectivity index (χ1v) is 7.81. The maximum Gasteiger partial charge on any atom is 0.266 e. The number of carbonyl (C=O) groups is 1. The van der Waals surface area contributed by atoms with Gasteiger partial charge in [-0.05, 0) is 36.8 Å². The summed E-state index contributed by atoms with van der Waals surface area (Å²) in [5.74, 6) is -0.450. The number of phenolic OH excluding ortho intramolecular Hbond substituents is 1. The monoisotopic (exact) mass is 386 g/mol. The SMILES string of the molecule is COc1cc(Br)cc(/C=C(/C#N)C(=O)Nc2ccccc2C)c1O. The molecule has 0 saturated carbocycles. The zero-order chi connectivity index (χ0) is 17.7. The Labute approximate surface area is 148 Å². The van der Waals surface area contributed by atoms with Gasteiger partial charge in [0.05, 0.1) is 7.11 Å². The van der Waals surface area contributed by atoms with Crippen LogP contribution in [-0.4, -0.2) is 18.1 Å². The van der Waals surface area contributed by atoms with E-state index in [4.69, 9.17) is 4.74 Å². The lowest BCUT2D eigenvalue weighted by molar-refractivity contribution is -0.112. The first-order valence-electron chi connectivity index (χ1n) is 7.01. The second-order valence-electron chi connectivity index (χ2n) is 4.98. The standard InChI is InChI=1S/C18H15BrN2O3/c1-11-5-3-4-6-15(11)21-18(23)13(10-20)7-12-8-14(19)9-16(24-2)17(12)22/h3-9,22H,1-2H3,(H,21,23)/b13-7-. The first kappa shape index (κ1) is 17.6. The Kier molecular flexibility index (Phi) is 5.61. The number of aromatic hydroxyl groups is 1. The van der Waals surface area contributed by atoms with E-state index in [2.05, 4.69) is 21.2 Å². The van der Waals surface area contributed by atoms with Crippen molar-refractivity contribution in [2.24, 2.45) is 0 Å². The van der Waals surface area contributed by atoms with E-state index in [0.29, 0.717) is 15.7 Å². The van der Waals surface area contributed by atoms with Crippen LogP contribution in [0, 0.1) is 18.3 Å². The molecule has 0 fully saturated rings. The number of ether oxygens (including phenoxy) is 1. The molecule has 2 aromatic rings. The smallest absolute Gasteiger partial charge is 0.266 e. The van der Waals surface area contributed by atoms with Gasteiger partial charge in [0.15, 0.2) is 11.5 Å². The number of aryl methyl sites for hydroxylation is 1. The molecule has 24 heavy (non-hydrogen) atoms. The maximum atomic E-state index is 12.3. The predicted octanol–water partition coefficient (Wildman–Crippen LogP) is 4.02. The van der Waals surface area contributed by atoms with E-state index >= 15 is 0 Å². The number of phenols is 1. The minimum Gasteiger partial charge on any atom is -0.504 e. The number of rotatable bonds is 4. The largest absolute Gasteiger partial charge is 0.504 e. The van der Waals surface area contributed by atoms with Gasteiger partial charge < -0.3 is 15.2 Å². The second-order valence-corrected chi connectivity index (χ2v) is 5.90. The Balaban J connectivity index is 2.37. The lowest BCUT2D eigenvalue weighted by Crippen LogP contribution is -2.14. The number of hydrogen-bond acceptors (Lipinski definition) is 4. The van der Waals surface area contributed by atoms with E-state index < -0.39 is 5.91 Å². The first-order chi connectivity index (χ1) is 11.5. The van der Waals surface area contributed by atoms with Crippen LogP contribution in [0.25, 0.3) is 6.08 Å². The van der Waals surface area contributed by atoms with Crippen LogP contribution in [-0.2, 0) is 4.79 Å². The van der Waals surface area contributed by atoms with Crippen LogP contribution in [0.15, 0.2) is 46.4 Å². The van der Waals surface area contributed by atoms with Gasteiger partial charge in [0, 0.05) is 15.7 Å². The van der Waals surface area contributed by atoms with Crippen molar-refractivity contribution in [3.63, 3.8) is 0 Å². The van der Waals surface area contributed by atoms with Gasteiger partial charge in [-0.15, -0.1) is 0 Å². The summed E-state index contributed by atoms with van der Waals surface area (Å²) in [4.78, 5) is 12.3. The molecule has 0 aliphatic carbocycles. The van der Waals surface area contributed by atoms with Gasteiger partial charge in [-0.2, -0.15) is 5.26 Å². The van der Waals surface area contributed by atoms with Gasteiger partial charge >= 0.3 is 0 Å². The Morgan fingerprint density at radius 3 is 2.71 bits per heavy atom. The number of hydrogen-bond donors (Lipinski definition) is 2. The molecule has 0 heterocycles. The number of halogens is 1. The molecule has 6 heteroatoms. The third-order valence-electron chi connectivity index (χ3n) is 3.35. The van der Waals surface area contributed by atoms with E-state index in [1.165, 1.54) is 13.2 Å². The van der Waals surface area contributed by atoms with Crippen LogP contribution in [0.3, 0.4) is 0 Å². The van der Waals surface area contributed by atoms with Crippen molar-refractivity contribution in [3.8, 4) is 17.6 Å². The topological polar surface area (TPSA) is 82.3 Å². The van der Waals surface area contributed by atoms with Crippen LogP contribution in [0.5, 0.6) is 11.5 Å². The minimum atomic E-state index is -0.551. The molecule has 0 saturated heterocycles. The number of para-hydroxylation sites is 1. The van der Waals surface area contributed by atoms with Crippen molar-refractivity contribution in [2.75, 3.05) is 12.4 Å². The van der Waals surface area contributed by atoms with Crippen molar-refractivity contribution in [3.05, 3.63) is 57.6 Å². The highest BCUT2D eigenvalue weighted by Gasteiger charge is 2.14.